The lowest BCUT2D eigenvalue weighted by molar-refractivity contribution is 0.583. The van der Waals surface area contributed by atoms with Gasteiger partial charge in [-0.15, -0.1) is 0 Å². The van der Waals surface area contributed by atoms with E-state index in [0.717, 1.165) is 83.5 Å². The third-order valence-corrected chi connectivity index (χ3v) is 19.2. The van der Waals surface area contributed by atoms with Crippen LogP contribution in [0.4, 0.5) is 0 Å². The molecule has 7 nitrogen and oxygen atoms in total. The van der Waals surface area contributed by atoms with Crippen LogP contribution in [-0.2, 0) is 17.3 Å². The van der Waals surface area contributed by atoms with Gasteiger partial charge in [-0.1, -0.05) is 251 Å². The Morgan fingerprint density at radius 3 is 1.68 bits per heavy atom. The number of fused-ring (bicyclic) bond motifs is 17. The normalized spacial score (nSPS) is 14.7. The van der Waals surface area contributed by atoms with E-state index in [0.29, 0.717) is 23.5 Å². The predicted octanol–water partition coefficient (Wildman–Crippen LogP) is 19.7. The van der Waals surface area contributed by atoms with Crippen molar-refractivity contribution < 1.29 is 0 Å². The Labute approximate surface area is 508 Å². The number of benzene rings is 12. The number of hydrogen-bond acceptors (Lipinski definition) is 5. The molecule has 1 unspecified atom stereocenters. The van der Waals surface area contributed by atoms with Gasteiger partial charge in [-0.05, 0) is 115 Å². The van der Waals surface area contributed by atoms with Crippen molar-refractivity contribution in [2.24, 2.45) is 0 Å². The van der Waals surface area contributed by atoms with Gasteiger partial charge in [-0.2, -0.15) is 9.97 Å². The van der Waals surface area contributed by atoms with E-state index in [2.05, 4.69) is 291 Å². The molecule has 16 aromatic rings. The number of para-hydroxylation sites is 3. The summed E-state index contributed by atoms with van der Waals surface area (Å²) in [6.45, 7) is 7.18. The van der Waals surface area contributed by atoms with Crippen molar-refractivity contribution in [2.75, 3.05) is 0 Å². The minimum atomic E-state index is -0.406. The van der Waals surface area contributed by atoms with E-state index in [4.69, 9.17) is 24.9 Å². The molecule has 0 saturated heterocycles. The maximum atomic E-state index is 5.61. The first-order chi connectivity index (χ1) is 43.3. The van der Waals surface area contributed by atoms with Gasteiger partial charge in [0.1, 0.15) is 0 Å². The lowest BCUT2D eigenvalue weighted by Crippen LogP contribution is -2.24. The zero-order valence-electron chi connectivity index (χ0n) is 48.7. The molecule has 2 aliphatic carbocycles. The highest BCUT2D eigenvalue weighted by Gasteiger charge is 2.42. The first-order valence-corrected chi connectivity index (χ1v) is 30.4. The molecular formula is C81H55N7. The Morgan fingerprint density at radius 2 is 0.909 bits per heavy atom. The van der Waals surface area contributed by atoms with Crippen LogP contribution < -0.4 is 0 Å². The summed E-state index contributed by atoms with van der Waals surface area (Å²) < 4.78 is 4.62. The number of rotatable bonds is 8. The molecule has 0 radical (unpaired) electrons. The number of aromatic nitrogens is 7. The molecule has 0 saturated carbocycles. The van der Waals surface area contributed by atoms with E-state index in [-0.39, 0.29) is 5.41 Å². The van der Waals surface area contributed by atoms with Gasteiger partial charge in [0.15, 0.2) is 11.6 Å². The first kappa shape index (κ1) is 50.2. The van der Waals surface area contributed by atoms with Crippen LogP contribution in [0.3, 0.4) is 0 Å². The Morgan fingerprint density at radius 1 is 0.341 bits per heavy atom. The lowest BCUT2D eigenvalue weighted by atomic mass is 9.75. The van der Waals surface area contributed by atoms with Crippen molar-refractivity contribution in [3.05, 3.63) is 295 Å². The Balaban J connectivity index is 0.789. The summed E-state index contributed by atoms with van der Waals surface area (Å²) in [5.41, 5.74) is 22.0. The van der Waals surface area contributed by atoms with Crippen LogP contribution in [0.2, 0.25) is 0 Å². The molecular weight excluding hydrogens is 1070 g/mol. The molecule has 0 amide bonds. The molecule has 4 aromatic heterocycles. The molecule has 414 valence electrons. The number of nitrogens with zero attached hydrogens (tertiary/aromatic N) is 7. The van der Waals surface area contributed by atoms with Gasteiger partial charge < -0.3 is 0 Å². The lowest BCUT2D eigenvalue weighted by Gasteiger charge is -2.28. The van der Waals surface area contributed by atoms with E-state index < -0.39 is 5.41 Å². The standard InChI is InChI=1S/C81H55N7/c1-80(2)64-36-17-13-33-59(64)71-57-31-10-11-32-58(57)72-61-35-16-21-40-69(61)88(75(72)73(71)80)79-85-76(53-26-8-5-9-27-53)84-77(86-79)54-28-22-23-49(45-54)48-81(3)65-37-18-12-29-55(65)62-47-70-63(46-66(62)81)56-30-15-20-39-68(56)87(70)78-82-67-38-19-14-34-60(67)74(83-78)52-43-41-51(42-44-52)50-24-6-4-7-25-50/h4-47H,48H2,1-3H3. The molecule has 0 aliphatic heterocycles. The maximum absolute atomic E-state index is 5.61. The summed E-state index contributed by atoms with van der Waals surface area (Å²) in [6, 6.07) is 96.1. The fourth-order valence-electron chi connectivity index (χ4n) is 15.2. The average molecular weight is 1130 g/mol. The molecule has 12 aromatic carbocycles. The van der Waals surface area contributed by atoms with Crippen LogP contribution in [0.1, 0.15) is 48.6 Å². The van der Waals surface area contributed by atoms with Crippen molar-refractivity contribution in [3.8, 4) is 79.3 Å². The fourth-order valence-corrected chi connectivity index (χ4v) is 15.2. The Kier molecular flexibility index (Phi) is 10.8. The zero-order chi connectivity index (χ0) is 58.4. The Bertz CT molecular complexity index is 5580. The first-order valence-electron chi connectivity index (χ1n) is 30.4. The quantitative estimate of drug-likeness (QED) is 0.152. The van der Waals surface area contributed by atoms with Crippen LogP contribution in [0.15, 0.2) is 267 Å². The van der Waals surface area contributed by atoms with Crippen LogP contribution >= 0.6 is 0 Å². The molecule has 0 bridgehead atoms. The van der Waals surface area contributed by atoms with Crippen LogP contribution in [0.5, 0.6) is 0 Å². The number of hydrogen-bond donors (Lipinski definition) is 0. The second-order valence-electron chi connectivity index (χ2n) is 24.5. The molecule has 18 rings (SSSR count). The summed E-state index contributed by atoms with van der Waals surface area (Å²) in [5.74, 6) is 2.46. The van der Waals surface area contributed by atoms with Crippen molar-refractivity contribution in [3.63, 3.8) is 0 Å². The predicted molar refractivity (Wildman–Crippen MR) is 360 cm³/mol. The van der Waals surface area contributed by atoms with E-state index in [1.165, 1.54) is 71.8 Å². The molecule has 0 spiro atoms. The average Bonchev–Trinajstić information content (AvgIpc) is 1.57. The van der Waals surface area contributed by atoms with Crippen LogP contribution in [-0.4, -0.2) is 34.1 Å². The van der Waals surface area contributed by atoms with Crippen molar-refractivity contribution >= 4 is 65.3 Å². The molecule has 4 heterocycles. The second kappa shape index (κ2) is 18.9. The minimum Gasteiger partial charge on any atom is -0.278 e. The molecule has 0 fully saturated rings. The van der Waals surface area contributed by atoms with Crippen molar-refractivity contribution in [2.45, 2.75) is 38.0 Å². The zero-order valence-corrected chi connectivity index (χ0v) is 48.7. The minimum absolute atomic E-state index is 0.323. The molecule has 2 aliphatic rings. The molecule has 88 heavy (non-hydrogen) atoms. The largest absolute Gasteiger partial charge is 0.278 e. The second-order valence-corrected chi connectivity index (χ2v) is 24.5. The highest BCUT2D eigenvalue weighted by atomic mass is 15.2. The topological polar surface area (TPSA) is 74.3 Å². The van der Waals surface area contributed by atoms with Crippen molar-refractivity contribution in [1.29, 1.82) is 0 Å². The molecule has 0 N–H and O–H groups in total. The van der Waals surface area contributed by atoms with Crippen molar-refractivity contribution in [1.82, 2.24) is 34.1 Å². The third-order valence-electron chi connectivity index (χ3n) is 19.2. The summed E-state index contributed by atoms with van der Waals surface area (Å²) in [4.78, 5) is 27.4. The monoisotopic (exact) mass is 1130 g/mol. The smallest absolute Gasteiger partial charge is 0.238 e. The van der Waals surface area contributed by atoms with Gasteiger partial charge in [0.05, 0.1) is 33.3 Å². The van der Waals surface area contributed by atoms with E-state index >= 15 is 0 Å². The SMILES string of the molecule is CC1(C)c2ccccc2-c2c1c1c(c3ccccc23)c2ccccc2n1-c1nc(-c2ccccc2)nc(-c2cccc(CC3(C)c4ccccc4-c4cc5c(cc43)c3ccccc3n5-c3nc(-c4ccc(-c5ccccc5)cc4)c4ccccc4n3)c2)n1. The maximum Gasteiger partial charge on any atom is 0.238 e. The van der Waals surface area contributed by atoms with E-state index in [1.807, 2.05) is 6.07 Å². The van der Waals surface area contributed by atoms with Gasteiger partial charge >= 0.3 is 0 Å². The summed E-state index contributed by atoms with van der Waals surface area (Å²) in [6.07, 6.45) is 0.737. The summed E-state index contributed by atoms with van der Waals surface area (Å²) in [7, 11) is 0. The van der Waals surface area contributed by atoms with E-state index in [9.17, 15) is 0 Å². The van der Waals surface area contributed by atoms with Crippen LogP contribution in [0, 0.1) is 0 Å². The highest BCUT2D eigenvalue weighted by Crippen LogP contribution is 2.57. The van der Waals surface area contributed by atoms with Gasteiger partial charge in [-0.3, -0.25) is 9.13 Å². The molecule has 7 heteroatoms. The summed E-state index contributed by atoms with van der Waals surface area (Å²) in [5, 5.41) is 8.17. The third kappa shape index (κ3) is 7.34. The van der Waals surface area contributed by atoms with Gasteiger partial charge in [0, 0.05) is 54.5 Å². The van der Waals surface area contributed by atoms with Gasteiger partial charge in [-0.25, -0.2) is 15.0 Å². The van der Waals surface area contributed by atoms with E-state index in [1.54, 1.807) is 0 Å². The Hall–Kier alpha value is -11.2. The van der Waals surface area contributed by atoms with Crippen LogP contribution in [0.25, 0.3) is 145 Å². The van der Waals surface area contributed by atoms with Gasteiger partial charge in [0.25, 0.3) is 0 Å². The highest BCUT2D eigenvalue weighted by molar-refractivity contribution is 6.27. The summed E-state index contributed by atoms with van der Waals surface area (Å²) >= 11 is 0. The molecule has 1 atom stereocenters. The van der Waals surface area contributed by atoms with Gasteiger partial charge in [0.2, 0.25) is 11.9 Å². The fraction of sp³-hybridized carbons (Fsp3) is 0.0741.